The molecule has 3 atom stereocenters. The summed E-state index contributed by atoms with van der Waals surface area (Å²) in [4.78, 5) is 11.2. The van der Waals surface area contributed by atoms with Gasteiger partial charge in [-0.1, -0.05) is 12.7 Å². The lowest BCUT2D eigenvalue weighted by Gasteiger charge is -2.10. The summed E-state index contributed by atoms with van der Waals surface area (Å²) >= 11 is 0. The fourth-order valence-corrected chi connectivity index (χ4v) is 1.75. The number of hydrogen-bond donors (Lipinski definition) is 1. The third kappa shape index (κ3) is 1.37. The van der Waals surface area contributed by atoms with Crippen molar-refractivity contribution in [3.8, 4) is 0 Å². The average molecular weight is 167 g/mol. The maximum absolute atomic E-state index is 11.2. The van der Waals surface area contributed by atoms with Crippen LogP contribution in [-0.4, -0.2) is 24.7 Å². The van der Waals surface area contributed by atoms with Gasteiger partial charge in [-0.3, -0.25) is 4.79 Å². The molecule has 1 heterocycles. The van der Waals surface area contributed by atoms with Gasteiger partial charge in [0.15, 0.2) is 0 Å². The Morgan fingerprint density at radius 3 is 3.08 bits per heavy atom. The molecule has 1 saturated carbocycles. The van der Waals surface area contributed by atoms with Crippen molar-refractivity contribution >= 4 is 5.97 Å². The van der Waals surface area contributed by atoms with Gasteiger partial charge in [-0.25, -0.2) is 0 Å². The smallest absolute Gasteiger partial charge is 0.323 e. The molecule has 1 aliphatic carbocycles. The highest BCUT2D eigenvalue weighted by Gasteiger charge is 2.48. The summed E-state index contributed by atoms with van der Waals surface area (Å²) < 4.78 is 4.92. The van der Waals surface area contributed by atoms with Gasteiger partial charge in [0.05, 0.1) is 0 Å². The number of carbonyl (C=O) groups excluding carboxylic acids is 1. The molecule has 0 unspecified atom stereocenters. The number of ether oxygens (including phenoxy) is 1. The molecule has 66 valence electrons. The quantitative estimate of drug-likeness (QED) is 0.490. The summed E-state index contributed by atoms with van der Waals surface area (Å²) in [6.07, 6.45) is 3.79. The summed E-state index contributed by atoms with van der Waals surface area (Å²) in [5, 5.41) is 3.23. The Kier molecular flexibility index (Phi) is 1.89. The van der Waals surface area contributed by atoms with Crippen LogP contribution in [0.3, 0.4) is 0 Å². The van der Waals surface area contributed by atoms with Crippen LogP contribution in [0.1, 0.15) is 12.8 Å². The van der Waals surface area contributed by atoms with Gasteiger partial charge in [0.2, 0.25) is 0 Å². The first kappa shape index (κ1) is 7.80. The molecule has 0 bridgehead atoms. The van der Waals surface area contributed by atoms with Gasteiger partial charge in [-0.05, 0) is 18.8 Å². The molecule has 0 amide bonds. The fraction of sp³-hybridized carbons (Fsp3) is 0.667. The van der Waals surface area contributed by atoms with E-state index in [1.807, 2.05) is 0 Å². The zero-order valence-corrected chi connectivity index (χ0v) is 6.95. The molecule has 0 radical (unpaired) electrons. The number of carbonyl (C=O) groups is 1. The Labute approximate surface area is 71.8 Å². The van der Waals surface area contributed by atoms with E-state index in [1.54, 1.807) is 6.08 Å². The molecular weight excluding hydrogens is 154 g/mol. The highest BCUT2D eigenvalue weighted by atomic mass is 16.5. The molecule has 0 spiro atoms. The van der Waals surface area contributed by atoms with Crippen molar-refractivity contribution in [3.63, 3.8) is 0 Å². The first-order valence-electron chi connectivity index (χ1n) is 4.35. The molecular formula is C9H13NO2. The third-order valence-corrected chi connectivity index (χ3v) is 2.50. The molecule has 2 aliphatic rings. The highest BCUT2D eigenvalue weighted by molar-refractivity contribution is 5.76. The molecule has 1 aliphatic heterocycles. The predicted molar refractivity (Wildman–Crippen MR) is 44.6 cm³/mol. The molecule has 3 heteroatoms. The molecule has 0 aromatic heterocycles. The van der Waals surface area contributed by atoms with Crippen molar-refractivity contribution in [1.29, 1.82) is 0 Å². The highest BCUT2D eigenvalue weighted by Crippen LogP contribution is 2.40. The van der Waals surface area contributed by atoms with Crippen molar-refractivity contribution in [2.75, 3.05) is 6.61 Å². The minimum absolute atomic E-state index is 0.0475. The molecule has 1 saturated heterocycles. The van der Waals surface area contributed by atoms with Gasteiger partial charge in [0.1, 0.15) is 12.6 Å². The maximum Gasteiger partial charge on any atom is 0.323 e. The van der Waals surface area contributed by atoms with E-state index < -0.39 is 0 Å². The van der Waals surface area contributed by atoms with Crippen molar-refractivity contribution in [2.45, 2.75) is 24.9 Å². The van der Waals surface area contributed by atoms with E-state index in [-0.39, 0.29) is 12.0 Å². The Morgan fingerprint density at radius 1 is 1.67 bits per heavy atom. The average Bonchev–Trinajstić information content (AvgIpc) is 2.69. The first-order chi connectivity index (χ1) is 5.81. The molecule has 1 N–H and O–H groups in total. The van der Waals surface area contributed by atoms with Gasteiger partial charge in [-0.2, -0.15) is 0 Å². The van der Waals surface area contributed by atoms with E-state index in [9.17, 15) is 4.79 Å². The van der Waals surface area contributed by atoms with Crippen LogP contribution in [0, 0.1) is 5.92 Å². The van der Waals surface area contributed by atoms with E-state index >= 15 is 0 Å². The van der Waals surface area contributed by atoms with Crippen molar-refractivity contribution in [1.82, 2.24) is 5.32 Å². The molecule has 0 aromatic carbocycles. The van der Waals surface area contributed by atoms with Gasteiger partial charge in [-0.15, -0.1) is 0 Å². The van der Waals surface area contributed by atoms with Gasteiger partial charge in [0.25, 0.3) is 0 Å². The summed E-state index contributed by atoms with van der Waals surface area (Å²) in [7, 11) is 0. The third-order valence-electron chi connectivity index (χ3n) is 2.50. The normalized spacial score (nSPS) is 37.2. The number of rotatable bonds is 3. The largest absolute Gasteiger partial charge is 0.460 e. The van der Waals surface area contributed by atoms with E-state index in [0.29, 0.717) is 12.6 Å². The van der Waals surface area contributed by atoms with Gasteiger partial charge >= 0.3 is 5.97 Å². The van der Waals surface area contributed by atoms with Crippen molar-refractivity contribution < 1.29 is 9.53 Å². The van der Waals surface area contributed by atoms with Gasteiger partial charge < -0.3 is 10.1 Å². The predicted octanol–water partition coefficient (Wildman–Crippen LogP) is 0.466. The summed E-state index contributed by atoms with van der Waals surface area (Å²) in [5.41, 5.74) is 0. The van der Waals surface area contributed by atoms with E-state index in [0.717, 1.165) is 12.3 Å². The van der Waals surface area contributed by atoms with Crippen LogP contribution in [0.2, 0.25) is 0 Å². The number of nitrogens with one attached hydrogen (secondary N) is 1. The number of hydrogen-bond acceptors (Lipinski definition) is 3. The topological polar surface area (TPSA) is 38.3 Å². The number of fused-ring (bicyclic) bond motifs is 1. The Bertz CT molecular complexity index is 205. The van der Waals surface area contributed by atoms with Crippen LogP contribution in [0.4, 0.5) is 0 Å². The number of piperidine rings is 1. The van der Waals surface area contributed by atoms with Crippen molar-refractivity contribution in [3.05, 3.63) is 12.7 Å². The Balaban J connectivity index is 1.77. The second-order valence-corrected chi connectivity index (χ2v) is 3.48. The zero-order valence-electron chi connectivity index (χ0n) is 6.95. The lowest BCUT2D eigenvalue weighted by Crippen LogP contribution is -2.35. The second kappa shape index (κ2) is 2.90. The van der Waals surface area contributed by atoms with E-state index in [2.05, 4.69) is 11.9 Å². The first-order valence-corrected chi connectivity index (χ1v) is 4.35. The van der Waals surface area contributed by atoms with E-state index in [4.69, 9.17) is 4.74 Å². The number of esters is 1. The monoisotopic (exact) mass is 167 g/mol. The fourth-order valence-electron chi connectivity index (χ4n) is 1.75. The standard InChI is InChI=1S/C9H13NO2/c1-2-3-12-9(11)8-5-6-4-7(6)10-8/h2,6-8,10H,1,3-5H2/t6-,7-,8+/m1/s1. The molecule has 3 nitrogen and oxygen atoms in total. The lowest BCUT2D eigenvalue weighted by molar-refractivity contribution is -0.144. The summed E-state index contributed by atoms with van der Waals surface area (Å²) in [5.74, 6) is 0.619. The van der Waals surface area contributed by atoms with Crippen LogP contribution in [0.25, 0.3) is 0 Å². The minimum Gasteiger partial charge on any atom is -0.460 e. The van der Waals surface area contributed by atoms with Crippen LogP contribution in [-0.2, 0) is 9.53 Å². The Morgan fingerprint density at radius 2 is 2.50 bits per heavy atom. The van der Waals surface area contributed by atoms with Crippen LogP contribution in [0.5, 0.6) is 0 Å². The lowest BCUT2D eigenvalue weighted by atomic mass is 10.2. The summed E-state index contributed by atoms with van der Waals surface area (Å²) in [6.45, 7) is 3.81. The van der Waals surface area contributed by atoms with Gasteiger partial charge in [0, 0.05) is 6.04 Å². The van der Waals surface area contributed by atoms with E-state index in [1.165, 1.54) is 6.42 Å². The minimum atomic E-state index is -0.123. The molecule has 2 fully saturated rings. The molecule has 2 rings (SSSR count). The summed E-state index contributed by atoms with van der Waals surface area (Å²) in [6, 6.07) is 0.556. The van der Waals surface area contributed by atoms with Crippen molar-refractivity contribution in [2.24, 2.45) is 5.92 Å². The van der Waals surface area contributed by atoms with Crippen LogP contribution in [0.15, 0.2) is 12.7 Å². The van der Waals surface area contributed by atoms with Crippen LogP contribution >= 0.6 is 0 Å². The molecule has 12 heavy (non-hydrogen) atoms. The maximum atomic E-state index is 11.2. The zero-order chi connectivity index (χ0) is 8.55. The van der Waals surface area contributed by atoms with Crippen LogP contribution < -0.4 is 5.32 Å². The second-order valence-electron chi connectivity index (χ2n) is 3.48. The molecule has 0 aromatic rings. The Hall–Kier alpha value is -0.830. The SMILES string of the molecule is C=CCOC(=O)[C@@H]1C[C@H]2C[C@H]2N1.